The van der Waals surface area contributed by atoms with Gasteiger partial charge in [-0.3, -0.25) is 9.89 Å². The fourth-order valence-corrected chi connectivity index (χ4v) is 9.15. The molecule has 0 aliphatic carbocycles. The highest BCUT2D eigenvalue weighted by Gasteiger charge is 2.60. The predicted octanol–water partition coefficient (Wildman–Crippen LogP) is 8.27. The first kappa shape index (κ1) is 40.6. The zero-order chi connectivity index (χ0) is 37.9. The van der Waals surface area contributed by atoms with Crippen molar-refractivity contribution in [3.05, 3.63) is 93.5 Å². The van der Waals surface area contributed by atoms with Crippen LogP contribution in [0.15, 0.2) is 82.2 Å². The molecule has 278 valence electrons. The largest absolute Gasteiger partial charge is 0.496 e. The van der Waals surface area contributed by atoms with Crippen LogP contribution in [0.2, 0.25) is 10.0 Å². The van der Waals surface area contributed by atoms with E-state index in [0.717, 1.165) is 48.6 Å². The molecular formula is C38H49Cl2N3O6S2. The number of benzene rings is 2. The Morgan fingerprint density at radius 3 is 2.22 bits per heavy atom. The standard InChI is InChI=1S/C38H49Cl2N3O6S2/c1-9-26(3)13-14-28(10-2)37(4)38(5,29-15-17-30(39)18-16-29)43(36(44)42-21-19-27(20-22-42)12-11-23-50(7,45)46)35(41-37)31-24-34(51(8,47)48)32(40)25-33(31)49-6/h10,13-18,24-25,27H,3,9,11-12,19-23H2,1-2,4-8H3. The molecule has 2 heterocycles. The molecule has 0 spiro atoms. The first-order valence-corrected chi connectivity index (χ1v) is 21.7. The number of sulfone groups is 2. The zero-order valence-corrected chi connectivity index (χ0v) is 33.6. The van der Waals surface area contributed by atoms with Crippen LogP contribution in [0.4, 0.5) is 4.79 Å². The number of hydrogen-bond acceptors (Lipinski definition) is 7. The van der Waals surface area contributed by atoms with Gasteiger partial charge in [-0.25, -0.2) is 21.6 Å². The van der Waals surface area contributed by atoms with Crippen LogP contribution in [0.5, 0.6) is 5.75 Å². The van der Waals surface area contributed by atoms with E-state index in [2.05, 4.69) is 6.58 Å². The second-order valence-electron chi connectivity index (χ2n) is 13.8. The fourth-order valence-electron chi connectivity index (χ4n) is 7.01. The van der Waals surface area contributed by atoms with Crippen LogP contribution in [0.25, 0.3) is 0 Å². The number of piperidine rings is 1. The number of amidine groups is 1. The van der Waals surface area contributed by atoms with Gasteiger partial charge in [0, 0.05) is 42.4 Å². The molecule has 9 nitrogen and oxygen atoms in total. The highest BCUT2D eigenvalue weighted by molar-refractivity contribution is 7.91. The lowest BCUT2D eigenvalue weighted by Crippen LogP contribution is -2.60. The Hall–Kier alpha value is -3.12. The molecule has 1 saturated heterocycles. The average Bonchev–Trinajstić information content (AvgIpc) is 3.31. The average molecular weight is 779 g/mol. The van der Waals surface area contributed by atoms with E-state index >= 15 is 4.79 Å². The number of amides is 2. The highest BCUT2D eigenvalue weighted by Crippen LogP contribution is 2.53. The summed E-state index contributed by atoms with van der Waals surface area (Å²) in [5.74, 6) is 0.920. The zero-order valence-electron chi connectivity index (χ0n) is 30.5. The maximum absolute atomic E-state index is 15.2. The summed E-state index contributed by atoms with van der Waals surface area (Å²) in [6.07, 6.45) is 11.7. The Morgan fingerprint density at radius 1 is 1.06 bits per heavy atom. The number of carbonyl (C=O) groups excluding carboxylic acids is 1. The highest BCUT2D eigenvalue weighted by atomic mass is 35.5. The van der Waals surface area contributed by atoms with Gasteiger partial charge in [0.05, 0.1) is 22.6 Å². The molecule has 0 bridgehead atoms. The predicted molar refractivity (Wildman–Crippen MR) is 208 cm³/mol. The molecule has 0 aromatic heterocycles. The van der Waals surface area contributed by atoms with Crippen LogP contribution < -0.4 is 4.74 Å². The van der Waals surface area contributed by atoms with E-state index in [1.807, 2.05) is 58.1 Å². The molecule has 13 heteroatoms. The maximum atomic E-state index is 15.2. The number of methoxy groups -OCH3 is 1. The number of ether oxygens (including phenoxy) is 1. The van der Waals surface area contributed by atoms with E-state index in [-0.39, 0.29) is 39.2 Å². The molecule has 2 atom stereocenters. The van der Waals surface area contributed by atoms with Gasteiger partial charge in [0.2, 0.25) is 0 Å². The monoisotopic (exact) mass is 777 g/mol. The van der Waals surface area contributed by atoms with E-state index in [9.17, 15) is 16.8 Å². The van der Waals surface area contributed by atoms with Crippen molar-refractivity contribution in [2.75, 3.05) is 38.5 Å². The number of likely N-dealkylation sites (tertiary alicyclic amines) is 1. The summed E-state index contributed by atoms with van der Waals surface area (Å²) in [4.78, 5) is 23.9. The summed E-state index contributed by atoms with van der Waals surface area (Å²) in [7, 11) is -5.38. The summed E-state index contributed by atoms with van der Waals surface area (Å²) in [6.45, 7) is 12.9. The fraction of sp³-hybridized carbons (Fsp3) is 0.474. The number of aliphatic imine (C=N–C) groups is 1. The molecule has 2 aliphatic rings. The lowest BCUT2D eigenvalue weighted by Gasteiger charge is -2.47. The molecule has 0 N–H and O–H groups in total. The lowest BCUT2D eigenvalue weighted by atomic mass is 9.70. The Bertz CT molecular complexity index is 1970. The Labute approximate surface area is 313 Å². The Balaban J connectivity index is 1.95. The van der Waals surface area contributed by atoms with Crippen LogP contribution in [-0.4, -0.2) is 82.5 Å². The summed E-state index contributed by atoms with van der Waals surface area (Å²) in [5, 5.41) is 0.521. The maximum Gasteiger partial charge on any atom is 0.326 e. The van der Waals surface area contributed by atoms with Gasteiger partial charge in [-0.15, -0.1) is 0 Å². The van der Waals surface area contributed by atoms with Crippen molar-refractivity contribution in [2.24, 2.45) is 10.9 Å². The lowest BCUT2D eigenvalue weighted by molar-refractivity contribution is 0.106. The SMILES string of the molecule is C=C(C=CC(=CC)C1(C)N=C(c2cc(S(C)(=O)=O)c(Cl)cc2OC)N(C(=O)N2CCC(CCCS(C)(=O)=O)CC2)C1(C)c1ccc(Cl)cc1)CC. The number of urea groups is 1. The molecule has 51 heavy (non-hydrogen) atoms. The topological polar surface area (TPSA) is 113 Å². The number of halogens is 2. The molecule has 2 aliphatic heterocycles. The van der Waals surface area contributed by atoms with Gasteiger partial charge in [0.25, 0.3) is 0 Å². The molecule has 0 saturated carbocycles. The summed E-state index contributed by atoms with van der Waals surface area (Å²) < 4.78 is 55.1. The van der Waals surface area contributed by atoms with Gasteiger partial charge in [0.1, 0.15) is 32.5 Å². The van der Waals surface area contributed by atoms with Crippen LogP contribution in [0.3, 0.4) is 0 Å². The van der Waals surface area contributed by atoms with Gasteiger partial charge in [-0.1, -0.05) is 72.6 Å². The van der Waals surface area contributed by atoms with Gasteiger partial charge in [0.15, 0.2) is 9.84 Å². The third kappa shape index (κ3) is 8.58. The number of nitrogens with zero attached hydrogens (tertiary/aromatic N) is 3. The van der Waals surface area contributed by atoms with Crippen molar-refractivity contribution in [3.63, 3.8) is 0 Å². The molecule has 1 fully saturated rings. The molecule has 2 unspecified atom stereocenters. The molecular weight excluding hydrogens is 729 g/mol. The number of carbonyl (C=O) groups is 1. The molecule has 2 amide bonds. The minimum absolute atomic E-state index is 0.00843. The van der Waals surface area contributed by atoms with Crippen LogP contribution >= 0.6 is 23.2 Å². The molecule has 4 rings (SSSR count). The quantitative estimate of drug-likeness (QED) is 0.201. The minimum atomic E-state index is -3.79. The third-order valence-corrected chi connectivity index (χ3v) is 13.1. The summed E-state index contributed by atoms with van der Waals surface area (Å²) in [6, 6.07) is 9.89. The van der Waals surface area contributed by atoms with Crippen molar-refractivity contribution < 1.29 is 26.4 Å². The van der Waals surface area contributed by atoms with Crippen molar-refractivity contribution in [1.82, 2.24) is 9.80 Å². The van der Waals surface area contributed by atoms with Gasteiger partial charge < -0.3 is 9.64 Å². The van der Waals surface area contributed by atoms with Crippen LogP contribution in [-0.2, 0) is 25.2 Å². The van der Waals surface area contributed by atoms with Gasteiger partial charge >= 0.3 is 6.03 Å². The van der Waals surface area contributed by atoms with Crippen molar-refractivity contribution in [3.8, 4) is 5.75 Å². The first-order chi connectivity index (χ1) is 23.8. The van der Waals surface area contributed by atoms with Crippen LogP contribution in [0.1, 0.15) is 70.9 Å². The minimum Gasteiger partial charge on any atom is -0.496 e. The van der Waals surface area contributed by atoms with Crippen molar-refractivity contribution >= 4 is 54.7 Å². The summed E-state index contributed by atoms with van der Waals surface area (Å²) in [5.41, 5.74) is 0.487. The number of allylic oxidation sites excluding steroid dienone is 3. The van der Waals surface area contributed by atoms with E-state index in [1.54, 1.807) is 21.9 Å². The summed E-state index contributed by atoms with van der Waals surface area (Å²) >= 11 is 12.9. The van der Waals surface area contributed by atoms with Crippen molar-refractivity contribution in [2.45, 2.75) is 75.8 Å². The Kier molecular flexibility index (Phi) is 12.6. The molecule has 0 radical (unpaired) electrons. The first-order valence-electron chi connectivity index (χ1n) is 17.0. The van der Waals surface area contributed by atoms with Gasteiger partial charge in [-0.05, 0) is 88.1 Å². The van der Waals surface area contributed by atoms with Gasteiger partial charge in [-0.2, -0.15) is 0 Å². The normalized spacial score (nSPS) is 22.1. The Morgan fingerprint density at radius 2 is 1.69 bits per heavy atom. The smallest absolute Gasteiger partial charge is 0.326 e. The van der Waals surface area contributed by atoms with E-state index in [1.165, 1.54) is 25.5 Å². The van der Waals surface area contributed by atoms with Crippen LogP contribution in [0, 0.1) is 5.92 Å². The molecule has 2 aromatic rings. The van der Waals surface area contributed by atoms with E-state index < -0.39 is 30.8 Å². The van der Waals surface area contributed by atoms with Crippen molar-refractivity contribution in [1.29, 1.82) is 0 Å². The van der Waals surface area contributed by atoms with E-state index in [4.69, 9.17) is 32.9 Å². The molecule has 2 aromatic carbocycles. The second kappa shape index (κ2) is 15.9. The third-order valence-electron chi connectivity index (χ3n) is 10.3. The van der Waals surface area contributed by atoms with E-state index in [0.29, 0.717) is 30.1 Å². The number of hydrogen-bond donors (Lipinski definition) is 0. The number of rotatable bonds is 12. The second-order valence-corrected chi connectivity index (χ2v) is 18.8.